The minimum atomic E-state index is -0.567. The first-order valence-corrected chi connectivity index (χ1v) is 14.4. The number of unbranched alkanes of at least 4 members (excludes halogenated alkanes) is 2. The van der Waals surface area contributed by atoms with E-state index in [1.165, 1.54) is 10.9 Å². The number of fused-ring (bicyclic) bond motifs is 1. The number of amides is 2. The molecule has 9 nitrogen and oxygen atoms in total. The molecular formula is C31H48N6O3. The van der Waals surface area contributed by atoms with Crippen LogP contribution in [0.2, 0.25) is 0 Å². The fourth-order valence-corrected chi connectivity index (χ4v) is 4.61. The predicted molar refractivity (Wildman–Crippen MR) is 163 cm³/mol. The van der Waals surface area contributed by atoms with Crippen LogP contribution in [0.4, 0.5) is 0 Å². The van der Waals surface area contributed by atoms with E-state index in [0.29, 0.717) is 52.0 Å². The number of nitrogens with two attached hydrogens (primary N) is 1. The molecule has 9 heteroatoms. The maximum absolute atomic E-state index is 13.4. The molecule has 0 saturated heterocycles. The van der Waals surface area contributed by atoms with E-state index in [2.05, 4.69) is 44.5 Å². The van der Waals surface area contributed by atoms with Gasteiger partial charge in [0, 0.05) is 76.4 Å². The second-order valence-corrected chi connectivity index (χ2v) is 10.1. The van der Waals surface area contributed by atoms with Crippen molar-refractivity contribution in [1.82, 2.24) is 25.0 Å². The van der Waals surface area contributed by atoms with Gasteiger partial charge in [-0.3, -0.25) is 9.59 Å². The van der Waals surface area contributed by atoms with E-state index in [1.54, 1.807) is 0 Å². The van der Waals surface area contributed by atoms with Crippen LogP contribution in [0.15, 0.2) is 54.9 Å². The number of nitrogens with one attached hydrogen (secondary N) is 2. The molecule has 220 valence electrons. The van der Waals surface area contributed by atoms with Gasteiger partial charge in [0.1, 0.15) is 6.29 Å². The van der Waals surface area contributed by atoms with E-state index < -0.39 is 6.04 Å². The van der Waals surface area contributed by atoms with Crippen LogP contribution in [0, 0.1) is 0 Å². The number of hydrogen-bond donors (Lipinski definition) is 3. The Labute approximate surface area is 239 Å². The largest absolute Gasteiger partial charge is 0.377 e. The lowest BCUT2D eigenvalue weighted by Crippen LogP contribution is -2.47. The molecule has 1 aromatic heterocycles. The van der Waals surface area contributed by atoms with Gasteiger partial charge in [0.25, 0.3) is 0 Å². The van der Waals surface area contributed by atoms with Crippen LogP contribution in [0.5, 0.6) is 0 Å². The van der Waals surface area contributed by atoms with Gasteiger partial charge in [-0.1, -0.05) is 43.2 Å². The first kappa shape index (κ1) is 32.8. The van der Waals surface area contributed by atoms with Crippen molar-refractivity contribution < 1.29 is 14.4 Å². The van der Waals surface area contributed by atoms with Gasteiger partial charge >= 0.3 is 0 Å². The molecule has 1 unspecified atom stereocenters. The number of H-pyrrole nitrogens is 1. The average molecular weight is 553 g/mol. The third-order valence-corrected chi connectivity index (χ3v) is 6.98. The van der Waals surface area contributed by atoms with Crippen molar-refractivity contribution in [3.8, 4) is 0 Å². The summed E-state index contributed by atoms with van der Waals surface area (Å²) < 4.78 is 0. The molecule has 4 N–H and O–H groups in total. The number of aldehydes is 1. The maximum atomic E-state index is 13.4. The second-order valence-electron chi connectivity index (χ2n) is 10.1. The predicted octanol–water partition coefficient (Wildman–Crippen LogP) is 3.09. The molecule has 2 aromatic rings. The number of aromatic nitrogens is 1. The van der Waals surface area contributed by atoms with Crippen molar-refractivity contribution in [3.05, 3.63) is 60.5 Å². The average Bonchev–Trinajstić information content (AvgIpc) is 3.38. The first-order chi connectivity index (χ1) is 19.5. The highest BCUT2D eigenvalue weighted by molar-refractivity contribution is 5.83. The summed E-state index contributed by atoms with van der Waals surface area (Å²) in [5, 5.41) is 3.88. The maximum Gasteiger partial charge on any atom is 0.239 e. The fraction of sp³-hybridized carbons (Fsp3) is 0.516. The molecule has 2 amide bonds. The zero-order valence-corrected chi connectivity index (χ0v) is 24.3. The van der Waals surface area contributed by atoms with Crippen LogP contribution >= 0.6 is 0 Å². The quantitative estimate of drug-likeness (QED) is 0.118. The highest BCUT2D eigenvalue weighted by Gasteiger charge is 2.21. The smallest absolute Gasteiger partial charge is 0.239 e. The molecule has 1 heterocycles. The summed E-state index contributed by atoms with van der Waals surface area (Å²) in [6.45, 7) is 6.54. The van der Waals surface area contributed by atoms with Gasteiger partial charge in [-0.05, 0) is 50.1 Å². The Morgan fingerprint density at radius 1 is 1.05 bits per heavy atom. The van der Waals surface area contributed by atoms with Crippen LogP contribution in [0.1, 0.15) is 44.6 Å². The summed E-state index contributed by atoms with van der Waals surface area (Å²) in [7, 11) is 2.00. The zero-order chi connectivity index (χ0) is 29.0. The van der Waals surface area contributed by atoms with Gasteiger partial charge in [-0.25, -0.2) is 0 Å². The third-order valence-electron chi connectivity index (χ3n) is 6.98. The molecule has 0 saturated carbocycles. The molecule has 0 fully saturated rings. The number of carbonyl (C=O) groups is 3. The molecule has 0 spiro atoms. The lowest BCUT2D eigenvalue weighted by Gasteiger charge is -2.29. The number of rotatable bonds is 22. The molecule has 0 aliphatic heterocycles. The van der Waals surface area contributed by atoms with Crippen LogP contribution in [0.3, 0.4) is 0 Å². The van der Waals surface area contributed by atoms with Crippen LogP contribution in [0.25, 0.3) is 10.9 Å². The van der Waals surface area contributed by atoms with Crippen molar-refractivity contribution in [2.45, 2.75) is 51.5 Å². The molecule has 1 atom stereocenters. The topological polar surface area (TPSA) is 115 Å². The van der Waals surface area contributed by atoms with Gasteiger partial charge in [-0.2, -0.15) is 0 Å². The number of aromatic amines is 1. The minimum absolute atomic E-state index is 0.0567. The lowest BCUT2D eigenvalue weighted by molar-refractivity contribution is -0.132. The third kappa shape index (κ3) is 12.2. The van der Waals surface area contributed by atoms with Gasteiger partial charge in [0.2, 0.25) is 12.3 Å². The first-order valence-electron chi connectivity index (χ1n) is 14.4. The van der Waals surface area contributed by atoms with Crippen LogP contribution < -0.4 is 11.1 Å². The number of nitrogens with zero attached hydrogens (tertiary/aromatic N) is 3. The summed E-state index contributed by atoms with van der Waals surface area (Å²) in [6.07, 6.45) is 16.3. The van der Waals surface area contributed by atoms with Gasteiger partial charge in [0.15, 0.2) is 0 Å². The number of para-hydroxylation sites is 1. The Morgan fingerprint density at radius 2 is 1.88 bits per heavy atom. The van der Waals surface area contributed by atoms with E-state index in [1.807, 2.05) is 49.4 Å². The van der Waals surface area contributed by atoms with Crippen LogP contribution in [-0.2, 0) is 20.8 Å². The van der Waals surface area contributed by atoms with E-state index in [9.17, 15) is 14.4 Å². The number of allylic oxidation sites excluding steroid dienone is 1. The normalized spacial score (nSPS) is 12.4. The Bertz CT molecular complexity index is 1070. The summed E-state index contributed by atoms with van der Waals surface area (Å²) in [5.41, 5.74) is 8.72. The minimum Gasteiger partial charge on any atom is -0.377 e. The molecule has 0 radical (unpaired) electrons. The molecule has 1 aromatic carbocycles. The van der Waals surface area contributed by atoms with E-state index in [-0.39, 0.29) is 5.91 Å². The number of carbonyl (C=O) groups excluding carboxylic acids is 3. The van der Waals surface area contributed by atoms with Crippen LogP contribution in [-0.4, -0.2) is 97.2 Å². The summed E-state index contributed by atoms with van der Waals surface area (Å²) in [5.74, 6) is -0.0567. The van der Waals surface area contributed by atoms with E-state index in [0.717, 1.165) is 50.6 Å². The number of benzene rings is 1. The monoisotopic (exact) mass is 552 g/mol. The van der Waals surface area contributed by atoms with E-state index >= 15 is 0 Å². The zero-order valence-electron chi connectivity index (χ0n) is 24.3. The van der Waals surface area contributed by atoms with Crippen molar-refractivity contribution >= 4 is 29.5 Å². The summed E-state index contributed by atoms with van der Waals surface area (Å²) in [6, 6.07) is 7.69. The molecule has 2 rings (SSSR count). The fourth-order valence-electron chi connectivity index (χ4n) is 4.61. The SMILES string of the molecule is C/C=C\CN(C)/C=C/CN(CCN(CCC=O)CCc1c[nH]c2ccccc12)C(=O)C(N)CCCCCNC=O. The van der Waals surface area contributed by atoms with Crippen molar-refractivity contribution in [3.63, 3.8) is 0 Å². The standard InChI is InChI=1S/C31H48N6O3/c1-3-4-17-35(2)18-10-20-37(31(40)29(32)13-6-5-9-16-33-26-39)23-22-36(19-11-24-38)21-15-27-25-34-30-14-8-7-12-28(27)30/h3-4,7-8,10,12,14,18,24-26,29,34H,5-6,9,11,13,15-17,19-23,32H2,1-2H3,(H,33,39)/b4-3-,18-10+. The molecule has 0 aliphatic rings. The van der Waals surface area contributed by atoms with E-state index in [4.69, 9.17) is 5.73 Å². The highest BCUT2D eigenvalue weighted by Crippen LogP contribution is 2.18. The summed E-state index contributed by atoms with van der Waals surface area (Å²) >= 11 is 0. The highest BCUT2D eigenvalue weighted by atomic mass is 16.2. The van der Waals surface area contributed by atoms with Crippen molar-refractivity contribution in [2.24, 2.45) is 5.73 Å². The number of hydrogen-bond acceptors (Lipinski definition) is 6. The Kier molecular flexibility index (Phi) is 16.1. The summed E-state index contributed by atoms with van der Waals surface area (Å²) in [4.78, 5) is 44.4. The molecule has 0 bridgehead atoms. The second kappa shape index (κ2) is 19.6. The van der Waals surface area contributed by atoms with Gasteiger partial charge in [-0.15, -0.1) is 0 Å². The molecule has 0 aliphatic carbocycles. The van der Waals surface area contributed by atoms with Gasteiger partial charge < -0.3 is 35.5 Å². The molecule has 40 heavy (non-hydrogen) atoms. The van der Waals surface area contributed by atoms with Gasteiger partial charge in [0.05, 0.1) is 6.04 Å². The molecular weight excluding hydrogens is 504 g/mol. The van der Waals surface area contributed by atoms with Crippen molar-refractivity contribution in [2.75, 3.05) is 52.9 Å². The number of likely N-dealkylation sites (N-methyl/N-ethyl adjacent to an activating group) is 1. The Hall–Kier alpha value is -3.43. The Balaban J connectivity index is 2.01. The van der Waals surface area contributed by atoms with Crippen molar-refractivity contribution in [1.29, 1.82) is 0 Å². The Morgan fingerprint density at radius 3 is 2.65 bits per heavy atom. The lowest BCUT2D eigenvalue weighted by atomic mass is 10.1.